The number of carbonyl (C=O) groups is 1. The molecule has 0 amide bonds. The minimum Gasteiger partial charge on any atom is -0.335 e. The minimum absolute atomic E-state index is 0.248. The first-order valence-electron chi connectivity index (χ1n) is 5.88. The van der Waals surface area contributed by atoms with Crippen molar-refractivity contribution < 1.29 is 4.79 Å². The van der Waals surface area contributed by atoms with Crippen LogP contribution < -0.4 is 0 Å². The number of Topliss-reactive ketones (excluding diaryl/α,β-unsaturated/α-hetero) is 1. The van der Waals surface area contributed by atoms with Crippen LogP contribution in [0.15, 0.2) is 29.9 Å². The average molecular weight is 248 g/mol. The smallest absolute Gasteiger partial charge is 0.172 e. The van der Waals surface area contributed by atoms with Gasteiger partial charge in [-0.1, -0.05) is 13.0 Å². The fourth-order valence-corrected chi connectivity index (χ4v) is 2.52. The molecule has 0 aliphatic heterocycles. The van der Waals surface area contributed by atoms with Gasteiger partial charge >= 0.3 is 0 Å². The van der Waals surface area contributed by atoms with Gasteiger partial charge in [-0.05, 0) is 17.9 Å². The first kappa shape index (κ1) is 12.0. The van der Waals surface area contributed by atoms with Gasteiger partial charge in [0.25, 0.3) is 0 Å². The van der Waals surface area contributed by atoms with Crippen LogP contribution in [0.4, 0.5) is 0 Å². The predicted octanol–water partition coefficient (Wildman–Crippen LogP) is 3.17. The Morgan fingerprint density at radius 2 is 2.41 bits per heavy atom. The zero-order chi connectivity index (χ0) is 12.1. The lowest BCUT2D eigenvalue weighted by Crippen LogP contribution is -2.04. The number of rotatable bonds is 6. The third-order valence-electron chi connectivity index (χ3n) is 2.72. The summed E-state index contributed by atoms with van der Waals surface area (Å²) in [6, 6.07) is 3.81. The van der Waals surface area contributed by atoms with Crippen LogP contribution >= 0.6 is 11.3 Å². The largest absolute Gasteiger partial charge is 0.335 e. The molecule has 0 atom stereocenters. The fourth-order valence-electron chi connectivity index (χ4n) is 1.83. The van der Waals surface area contributed by atoms with E-state index in [4.69, 9.17) is 0 Å². The summed E-state index contributed by atoms with van der Waals surface area (Å²) in [5.74, 6) is 1.34. The molecule has 0 N–H and O–H groups in total. The summed E-state index contributed by atoms with van der Waals surface area (Å²) in [6.45, 7) is 2.97. The highest BCUT2D eigenvalue weighted by Gasteiger charge is 2.07. The van der Waals surface area contributed by atoms with E-state index in [0.717, 1.165) is 30.1 Å². The predicted molar refractivity (Wildman–Crippen MR) is 69.5 cm³/mol. The molecule has 0 spiro atoms. The summed E-state index contributed by atoms with van der Waals surface area (Å²) in [4.78, 5) is 16.9. The molecule has 0 unspecified atom stereocenters. The van der Waals surface area contributed by atoms with E-state index in [1.807, 2.05) is 29.9 Å². The zero-order valence-electron chi connectivity index (χ0n) is 9.93. The molecule has 0 fully saturated rings. The molecule has 2 heterocycles. The highest BCUT2D eigenvalue weighted by Crippen LogP contribution is 2.13. The van der Waals surface area contributed by atoms with Gasteiger partial charge in [-0.25, -0.2) is 4.98 Å². The number of hydrogen-bond donors (Lipinski definition) is 0. The lowest BCUT2D eigenvalue weighted by Gasteiger charge is -2.05. The van der Waals surface area contributed by atoms with Crippen LogP contribution in [-0.2, 0) is 13.0 Å². The summed E-state index contributed by atoms with van der Waals surface area (Å²) in [7, 11) is 0. The Bertz CT molecular complexity index is 473. The molecule has 0 saturated heterocycles. The van der Waals surface area contributed by atoms with Gasteiger partial charge in [-0.2, -0.15) is 0 Å². The second-order valence-corrected chi connectivity index (χ2v) is 4.84. The normalized spacial score (nSPS) is 10.6. The van der Waals surface area contributed by atoms with E-state index in [-0.39, 0.29) is 5.78 Å². The molecule has 0 aromatic carbocycles. The minimum atomic E-state index is 0.248. The molecule has 0 saturated carbocycles. The summed E-state index contributed by atoms with van der Waals surface area (Å²) in [5.41, 5.74) is 0. The van der Waals surface area contributed by atoms with E-state index in [1.165, 1.54) is 11.3 Å². The van der Waals surface area contributed by atoms with Crippen LogP contribution in [0.5, 0.6) is 0 Å². The van der Waals surface area contributed by atoms with Gasteiger partial charge in [0.1, 0.15) is 5.82 Å². The monoisotopic (exact) mass is 248 g/mol. The summed E-state index contributed by atoms with van der Waals surface area (Å²) < 4.78 is 2.13. The van der Waals surface area contributed by atoms with Gasteiger partial charge < -0.3 is 4.57 Å². The van der Waals surface area contributed by atoms with E-state index in [0.29, 0.717) is 6.42 Å². The summed E-state index contributed by atoms with van der Waals surface area (Å²) in [6.07, 6.45) is 6.22. The Balaban J connectivity index is 1.82. The third kappa shape index (κ3) is 3.03. The Kier molecular flexibility index (Phi) is 4.09. The van der Waals surface area contributed by atoms with Crippen molar-refractivity contribution in [1.82, 2.24) is 9.55 Å². The third-order valence-corrected chi connectivity index (χ3v) is 3.63. The van der Waals surface area contributed by atoms with Crippen LogP contribution in [0.25, 0.3) is 0 Å². The van der Waals surface area contributed by atoms with Crippen molar-refractivity contribution in [2.24, 2.45) is 0 Å². The summed E-state index contributed by atoms with van der Waals surface area (Å²) in [5, 5.41) is 1.94. The van der Waals surface area contributed by atoms with Crippen LogP contribution in [0.3, 0.4) is 0 Å². The van der Waals surface area contributed by atoms with Crippen LogP contribution in [0.1, 0.15) is 35.3 Å². The lowest BCUT2D eigenvalue weighted by molar-refractivity contribution is 0.0982. The fraction of sp³-hybridized carbons (Fsp3) is 0.385. The van der Waals surface area contributed by atoms with Crippen molar-refractivity contribution in [3.8, 4) is 0 Å². The average Bonchev–Trinajstić information content (AvgIpc) is 2.99. The van der Waals surface area contributed by atoms with Crippen molar-refractivity contribution in [1.29, 1.82) is 0 Å². The molecule has 2 rings (SSSR count). The van der Waals surface area contributed by atoms with E-state index in [2.05, 4.69) is 16.5 Å². The van der Waals surface area contributed by atoms with E-state index in [1.54, 1.807) is 0 Å². The highest BCUT2D eigenvalue weighted by molar-refractivity contribution is 7.12. The van der Waals surface area contributed by atoms with Crippen LogP contribution in [-0.4, -0.2) is 15.3 Å². The first-order chi connectivity index (χ1) is 8.31. The van der Waals surface area contributed by atoms with Crippen LogP contribution in [0, 0.1) is 0 Å². The van der Waals surface area contributed by atoms with Gasteiger partial charge in [0.15, 0.2) is 5.78 Å². The number of imidazole rings is 1. The lowest BCUT2D eigenvalue weighted by atomic mass is 10.2. The molecule has 3 nitrogen and oxygen atoms in total. The standard InChI is InChI=1S/C13H16N2OS/c1-2-13-14-7-9-15(13)8-3-5-11(16)12-6-4-10-17-12/h4,6-7,9-10H,2-3,5,8H2,1H3. The Morgan fingerprint density at radius 3 is 3.12 bits per heavy atom. The molecule has 0 aliphatic rings. The maximum atomic E-state index is 11.8. The van der Waals surface area contributed by atoms with Crippen LogP contribution in [0.2, 0.25) is 0 Å². The molecular weight excluding hydrogens is 232 g/mol. The van der Waals surface area contributed by atoms with E-state index >= 15 is 0 Å². The van der Waals surface area contributed by atoms with Gasteiger partial charge in [0.05, 0.1) is 4.88 Å². The molecule has 2 aromatic heterocycles. The van der Waals surface area contributed by atoms with E-state index in [9.17, 15) is 4.79 Å². The highest BCUT2D eigenvalue weighted by atomic mass is 32.1. The maximum absolute atomic E-state index is 11.8. The molecule has 0 aliphatic carbocycles. The summed E-state index contributed by atoms with van der Waals surface area (Å²) >= 11 is 1.52. The number of hydrogen-bond acceptors (Lipinski definition) is 3. The van der Waals surface area contributed by atoms with Crippen molar-refractivity contribution >= 4 is 17.1 Å². The second-order valence-electron chi connectivity index (χ2n) is 3.89. The first-order valence-corrected chi connectivity index (χ1v) is 6.76. The van der Waals surface area contributed by atoms with Crippen molar-refractivity contribution in [2.45, 2.75) is 32.7 Å². The Labute approximate surface area is 105 Å². The van der Waals surface area contributed by atoms with Gasteiger partial charge in [-0.15, -0.1) is 11.3 Å². The molecule has 17 heavy (non-hydrogen) atoms. The van der Waals surface area contributed by atoms with Gasteiger partial charge in [0, 0.05) is 31.8 Å². The van der Waals surface area contributed by atoms with Crippen molar-refractivity contribution in [3.63, 3.8) is 0 Å². The SMILES string of the molecule is CCc1nccn1CCCC(=O)c1cccs1. The number of nitrogens with zero attached hydrogens (tertiary/aromatic N) is 2. The van der Waals surface area contributed by atoms with Crippen molar-refractivity contribution in [3.05, 3.63) is 40.6 Å². The molecular formula is C13H16N2OS. The van der Waals surface area contributed by atoms with Gasteiger partial charge in [-0.3, -0.25) is 4.79 Å². The quantitative estimate of drug-likeness (QED) is 0.736. The number of aryl methyl sites for hydroxylation is 2. The molecule has 0 bridgehead atoms. The molecule has 4 heteroatoms. The Hall–Kier alpha value is -1.42. The number of aromatic nitrogens is 2. The molecule has 2 aromatic rings. The molecule has 0 radical (unpaired) electrons. The van der Waals surface area contributed by atoms with E-state index < -0.39 is 0 Å². The zero-order valence-corrected chi connectivity index (χ0v) is 10.7. The second kappa shape index (κ2) is 5.77. The van der Waals surface area contributed by atoms with Gasteiger partial charge in [0.2, 0.25) is 0 Å². The number of carbonyl (C=O) groups excluding carboxylic acids is 1. The maximum Gasteiger partial charge on any atom is 0.172 e. The molecule has 90 valence electrons. The number of ketones is 1. The number of thiophene rings is 1. The topological polar surface area (TPSA) is 34.9 Å². The van der Waals surface area contributed by atoms with Crippen molar-refractivity contribution in [2.75, 3.05) is 0 Å². The Morgan fingerprint density at radius 1 is 1.53 bits per heavy atom.